The highest BCUT2D eigenvalue weighted by Gasteiger charge is 2.13. The van der Waals surface area contributed by atoms with Crippen LogP contribution in [0.2, 0.25) is 0 Å². The maximum atomic E-state index is 11.2. The first-order valence-corrected chi connectivity index (χ1v) is 4.76. The summed E-state index contributed by atoms with van der Waals surface area (Å²) in [6.07, 6.45) is -0.662. The number of hydrogen-bond acceptors (Lipinski definition) is 4. The van der Waals surface area contributed by atoms with Gasteiger partial charge in [0.1, 0.15) is 12.6 Å². The van der Waals surface area contributed by atoms with Gasteiger partial charge in [0.15, 0.2) is 0 Å². The third kappa shape index (κ3) is 7.90. The zero-order valence-corrected chi connectivity index (χ0v) is 8.99. The Bertz CT molecular complexity index is 207. The minimum atomic E-state index is -1.08. The fourth-order valence-corrected chi connectivity index (χ4v) is 0.810. The Morgan fingerprint density at radius 2 is 2.07 bits per heavy atom. The molecule has 0 rings (SSSR count). The Morgan fingerprint density at radius 3 is 2.60 bits per heavy atom. The maximum absolute atomic E-state index is 11.2. The van der Waals surface area contributed by atoms with Crippen LogP contribution in [0.15, 0.2) is 0 Å². The predicted molar refractivity (Wildman–Crippen MR) is 52.6 cm³/mol. The predicted octanol–water partition coefficient (Wildman–Crippen LogP) is -0.371. The highest BCUT2D eigenvalue weighted by molar-refractivity contribution is 5.84. The van der Waals surface area contributed by atoms with Gasteiger partial charge in [-0.1, -0.05) is 0 Å². The molecule has 0 aliphatic carbocycles. The Labute approximate surface area is 88.6 Å². The molecule has 0 aromatic rings. The van der Waals surface area contributed by atoms with Crippen LogP contribution in [0.4, 0.5) is 0 Å². The number of amides is 1. The summed E-state index contributed by atoms with van der Waals surface area (Å²) in [6, 6.07) is 0. The molecule has 0 saturated heterocycles. The van der Waals surface area contributed by atoms with Crippen LogP contribution in [0, 0.1) is 0 Å². The van der Waals surface area contributed by atoms with Gasteiger partial charge in [-0.15, -0.1) is 0 Å². The van der Waals surface area contributed by atoms with Crippen molar-refractivity contribution in [2.45, 2.75) is 20.0 Å². The molecule has 2 N–H and O–H groups in total. The largest absolute Gasteiger partial charge is 0.480 e. The van der Waals surface area contributed by atoms with E-state index in [1.807, 2.05) is 6.92 Å². The number of aliphatic carboxylic acids is 1. The minimum absolute atomic E-state index is 0.315. The van der Waals surface area contributed by atoms with Gasteiger partial charge < -0.3 is 19.9 Å². The van der Waals surface area contributed by atoms with E-state index in [1.54, 1.807) is 6.92 Å². The summed E-state index contributed by atoms with van der Waals surface area (Å²) in [5, 5.41) is 10.5. The van der Waals surface area contributed by atoms with Crippen molar-refractivity contribution in [3.63, 3.8) is 0 Å². The molecule has 0 heterocycles. The molecule has 0 radical (unpaired) electrons. The third-order valence-corrected chi connectivity index (χ3v) is 1.58. The van der Waals surface area contributed by atoms with Crippen molar-refractivity contribution >= 4 is 11.9 Å². The number of carbonyl (C=O) groups is 2. The molecule has 88 valence electrons. The second kappa shape index (κ2) is 8.19. The van der Waals surface area contributed by atoms with Crippen molar-refractivity contribution in [3.8, 4) is 0 Å². The minimum Gasteiger partial charge on any atom is -0.480 e. The Balaban J connectivity index is 3.55. The SMILES string of the molecule is CCOCCOC(C)C(=O)NCC(=O)O. The van der Waals surface area contributed by atoms with Crippen LogP contribution >= 0.6 is 0 Å². The second-order valence-corrected chi connectivity index (χ2v) is 2.82. The van der Waals surface area contributed by atoms with E-state index in [0.717, 1.165) is 0 Å². The maximum Gasteiger partial charge on any atom is 0.322 e. The van der Waals surface area contributed by atoms with Crippen LogP contribution in [0.5, 0.6) is 0 Å². The number of rotatable bonds is 8. The average molecular weight is 219 g/mol. The molecule has 6 nitrogen and oxygen atoms in total. The number of carboxylic acids is 1. The van der Waals surface area contributed by atoms with Crippen molar-refractivity contribution in [1.29, 1.82) is 0 Å². The molecule has 0 aliphatic rings. The van der Waals surface area contributed by atoms with Gasteiger partial charge in [-0.3, -0.25) is 9.59 Å². The first kappa shape index (κ1) is 13.9. The van der Waals surface area contributed by atoms with Gasteiger partial charge in [-0.05, 0) is 13.8 Å². The monoisotopic (exact) mass is 219 g/mol. The van der Waals surface area contributed by atoms with E-state index in [9.17, 15) is 9.59 Å². The highest BCUT2D eigenvalue weighted by atomic mass is 16.5. The smallest absolute Gasteiger partial charge is 0.322 e. The molecule has 0 saturated carbocycles. The number of carboxylic acid groups (broad SMARTS) is 1. The number of ether oxygens (including phenoxy) is 2. The molecule has 0 fully saturated rings. The van der Waals surface area contributed by atoms with Crippen molar-refractivity contribution in [3.05, 3.63) is 0 Å². The van der Waals surface area contributed by atoms with Crippen LogP contribution in [0.3, 0.4) is 0 Å². The topological polar surface area (TPSA) is 84.9 Å². The van der Waals surface area contributed by atoms with Crippen LogP contribution in [-0.2, 0) is 19.1 Å². The molecule has 0 spiro atoms. The average Bonchev–Trinajstić information content (AvgIpc) is 2.20. The molecule has 0 aliphatic heterocycles. The summed E-state index contributed by atoms with van der Waals surface area (Å²) in [4.78, 5) is 21.3. The third-order valence-electron chi connectivity index (χ3n) is 1.58. The second-order valence-electron chi connectivity index (χ2n) is 2.82. The molecule has 0 bridgehead atoms. The Hall–Kier alpha value is -1.14. The van der Waals surface area contributed by atoms with Gasteiger partial charge in [0.25, 0.3) is 0 Å². The quantitative estimate of drug-likeness (QED) is 0.544. The van der Waals surface area contributed by atoms with Gasteiger partial charge in [-0.2, -0.15) is 0 Å². The molecule has 1 amide bonds. The fourth-order valence-electron chi connectivity index (χ4n) is 0.810. The first-order valence-electron chi connectivity index (χ1n) is 4.76. The zero-order valence-electron chi connectivity index (χ0n) is 8.99. The van der Waals surface area contributed by atoms with E-state index in [4.69, 9.17) is 14.6 Å². The van der Waals surface area contributed by atoms with Gasteiger partial charge in [0, 0.05) is 6.61 Å². The van der Waals surface area contributed by atoms with Gasteiger partial charge >= 0.3 is 5.97 Å². The summed E-state index contributed by atoms with van der Waals surface area (Å²) >= 11 is 0. The van der Waals surface area contributed by atoms with E-state index in [-0.39, 0.29) is 0 Å². The molecule has 1 unspecified atom stereocenters. The molecule has 15 heavy (non-hydrogen) atoms. The lowest BCUT2D eigenvalue weighted by atomic mass is 10.4. The van der Waals surface area contributed by atoms with E-state index >= 15 is 0 Å². The molecule has 6 heteroatoms. The molecule has 1 atom stereocenters. The van der Waals surface area contributed by atoms with Crippen LogP contribution in [-0.4, -0.2) is 49.5 Å². The van der Waals surface area contributed by atoms with E-state index in [1.165, 1.54) is 0 Å². The van der Waals surface area contributed by atoms with Crippen molar-refractivity contribution < 1.29 is 24.2 Å². The molecule has 0 aromatic carbocycles. The summed E-state index contributed by atoms with van der Waals surface area (Å²) < 4.78 is 10.1. The standard InChI is InChI=1S/C9H17NO5/c1-3-14-4-5-15-7(2)9(13)10-6-8(11)12/h7H,3-6H2,1-2H3,(H,10,13)(H,11,12). The normalized spacial score (nSPS) is 12.1. The van der Waals surface area contributed by atoms with Crippen molar-refractivity contribution in [2.24, 2.45) is 0 Å². The lowest BCUT2D eigenvalue weighted by Crippen LogP contribution is -2.38. The summed E-state index contributed by atoms with van der Waals surface area (Å²) in [7, 11) is 0. The van der Waals surface area contributed by atoms with Gasteiger partial charge in [-0.25, -0.2) is 0 Å². The summed E-state index contributed by atoms with van der Waals surface area (Å²) in [5.41, 5.74) is 0. The van der Waals surface area contributed by atoms with Crippen LogP contribution in [0.25, 0.3) is 0 Å². The van der Waals surface area contributed by atoms with Crippen molar-refractivity contribution in [2.75, 3.05) is 26.4 Å². The number of nitrogens with one attached hydrogen (secondary N) is 1. The zero-order chi connectivity index (χ0) is 11.7. The van der Waals surface area contributed by atoms with E-state index in [0.29, 0.717) is 19.8 Å². The lowest BCUT2D eigenvalue weighted by Gasteiger charge is -2.12. The first-order chi connectivity index (χ1) is 7.07. The highest BCUT2D eigenvalue weighted by Crippen LogP contribution is 1.90. The van der Waals surface area contributed by atoms with Crippen LogP contribution in [0.1, 0.15) is 13.8 Å². The number of hydrogen-bond donors (Lipinski definition) is 2. The lowest BCUT2D eigenvalue weighted by molar-refractivity contribution is -0.140. The fraction of sp³-hybridized carbons (Fsp3) is 0.778. The van der Waals surface area contributed by atoms with E-state index in [2.05, 4.69) is 5.32 Å². The van der Waals surface area contributed by atoms with Gasteiger partial charge in [0.2, 0.25) is 5.91 Å². The summed E-state index contributed by atoms with van der Waals surface area (Å²) in [6.45, 7) is 4.37. The molecular weight excluding hydrogens is 202 g/mol. The van der Waals surface area contributed by atoms with Crippen LogP contribution < -0.4 is 5.32 Å². The van der Waals surface area contributed by atoms with E-state index < -0.39 is 24.5 Å². The Morgan fingerprint density at radius 1 is 1.40 bits per heavy atom. The number of carbonyl (C=O) groups excluding carboxylic acids is 1. The molecule has 0 aromatic heterocycles. The Kier molecular flexibility index (Phi) is 7.57. The summed E-state index contributed by atoms with van der Waals surface area (Å²) in [5.74, 6) is -1.52. The molecular formula is C9H17NO5. The van der Waals surface area contributed by atoms with Gasteiger partial charge in [0.05, 0.1) is 13.2 Å². The van der Waals surface area contributed by atoms with Crippen molar-refractivity contribution in [1.82, 2.24) is 5.32 Å².